The summed E-state index contributed by atoms with van der Waals surface area (Å²) >= 11 is 6.00. The van der Waals surface area contributed by atoms with Crippen molar-refractivity contribution in [3.63, 3.8) is 0 Å². The molecule has 0 amide bonds. The minimum absolute atomic E-state index is 0.399. The van der Waals surface area contributed by atoms with E-state index in [0.717, 1.165) is 38.0 Å². The van der Waals surface area contributed by atoms with Crippen molar-refractivity contribution < 1.29 is 24.9 Å². The Labute approximate surface area is 132 Å². The van der Waals surface area contributed by atoms with Crippen LogP contribution in [0.15, 0.2) is 24.3 Å². The highest BCUT2D eigenvalue weighted by Crippen LogP contribution is 2.42. The first-order valence-electron chi connectivity index (χ1n) is 7.00. The van der Waals surface area contributed by atoms with Crippen molar-refractivity contribution in [1.29, 1.82) is 0 Å². The molecule has 0 aromatic heterocycles. The highest BCUT2D eigenvalue weighted by Gasteiger charge is 2.46. The Morgan fingerprint density at radius 3 is 2.18 bits per heavy atom. The van der Waals surface area contributed by atoms with Gasteiger partial charge in [-0.1, -0.05) is 23.7 Å². The first kappa shape index (κ1) is 16.7. The van der Waals surface area contributed by atoms with E-state index in [1.807, 2.05) is 24.3 Å². The fraction of sp³-hybridized carbons (Fsp3) is 0.467. The molecular weight excluding hydrogens is 310 g/mol. The normalized spacial score (nSPS) is 29.4. The fourth-order valence-electron chi connectivity index (χ4n) is 3.12. The molecule has 0 spiro atoms. The van der Waals surface area contributed by atoms with Gasteiger partial charge in [-0.15, -0.1) is 0 Å². The second-order valence-electron chi connectivity index (χ2n) is 5.60. The van der Waals surface area contributed by atoms with Gasteiger partial charge in [0.15, 0.2) is 0 Å². The second kappa shape index (κ2) is 6.64. The Morgan fingerprint density at radius 2 is 1.77 bits per heavy atom. The number of aliphatic carboxylic acids is 2. The average molecular weight is 328 g/mol. The predicted octanol–water partition coefficient (Wildman–Crippen LogP) is 1.41. The Morgan fingerprint density at radius 1 is 1.18 bits per heavy atom. The van der Waals surface area contributed by atoms with E-state index in [0.29, 0.717) is 10.9 Å². The van der Waals surface area contributed by atoms with E-state index in [9.17, 15) is 5.11 Å². The number of piperidine rings is 3. The lowest BCUT2D eigenvalue weighted by atomic mass is 9.72. The summed E-state index contributed by atoms with van der Waals surface area (Å²) in [4.78, 5) is 20.5. The summed E-state index contributed by atoms with van der Waals surface area (Å²) in [6.07, 6.45) is 2.20. The van der Waals surface area contributed by atoms with Gasteiger partial charge in [0.2, 0.25) is 0 Å². The van der Waals surface area contributed by atoms with E-state index in [1.165, 1.54) is 0 Å². The topological polar surface area (TPSA) is 98.1 Å². The largest absolute Gasteiger partial charge is 0.473 e. The van der Waals surface area contributed by atoms with Gasteiger partial charge >= 0.3 is 11.9 Å². The van der Waals surface area contributed by atoms with E-state index in [4.69, 9.17) is 31.4 Å². The minimum Gasteiger partial charge on any atom is -0.473 e. The average Bonchev–Trinajstić information content (AvgIpc) is 2.49. The molecule has 120 valence electrons. The molecule has 4 rings (SSSR count). The number of nitrogens with zero attached hydrogens (tertiary/aromatic N) is 1. The molecule has 1 unspecified atom stereocenters. The number of carbonyl (C=O) groups is 2. The maximum atomic E-state index is 10.9. The zero-order valence-electron chi connectivity index (χ0n) is 11.9. The van der Waals surface area contributed by atoms with Crippen LogP contribution >= 0.6 is 11.6 Å². The van der Waals surface area contributed by atoms with Crippen LogP contribution in [-0.2, 0) is 15.2 Å². The van der Waals surface area contributed by atoms with Crippen LogP contribution in [0.25, 0.3) is 0 Å². The van der Waals surface area contributed by atoms with Crippen molar-refractivity contribution in [2.45, 2.75) is 18.4 Å². The SMILES string of the molecule is O=C(O)C(=O)O.OC1(c2cccc(Cl)c2)CN2CCC1CC2. The Bertz CT molecular complexity index is 559. The highest BCUT2D eigenvalue weighted by molar-refractivity contribution is 6.30. The van der Waals surface area contributed by atoms with E-state index in [-0.39, 0.29) is 0 Å². The number of aliphatic hydroxyl groups is 1. The van der Waals surface area contributed by atoms with Gasteiger partial charge in [-0.25, -0.2) is 9.59 Å². The molecule has 6 nitrogen and oxygen atoms in total. The molecule has 7 heteroatoms. The molecule has 2 bridgehead atoms. The van der Waals surface area contributed by atoms with Gasteiger partial charge in [-0.3, -0.25) is 0 Å². The standard InChI is InChI=1S/C13H16ClNO.C2H2O4/c14-12-3-1-2-11(8-12)13(16)9-15-6-4-10(13)5-7-15;3-1(4)2(5)6/h1-3,8,10,16H,4-7,9H2;(H,3,4)(H,5,6). The first-order valence-corrected chi connectivity index (χ1v) is 7.37. The Balaban J connectivity index is 0.000000254. The lowest BCUT2D eigenvalue weighted by Crippen LogP contribution is -2.57. The summed E-state index contributed by atoms with van der Waals surface area (Å²) in [6, 6.07) is 7.68. The molecule has 0 radical (unpaired) electrons. The maximum absolute atomic E-state index is 10.9. The lowest BCUT2D eigenvalue weighted by Gasteiger charge is -2.50. The van der Waals surface area contributed by atoms with Crippen LogP contribution in [0.3, 0.4) is 0 Å². The molecule has 0 saturated carbocycles. The van der Waals surface area contributed by atoms with Crippen LogP contribution < -0.4 is 0 Å². The number of hydrogen-bond acceptors (Lipinski definition) is 4. The molecule has 3 aliphatic heterocycles. The van der Waals surface area contributed by atoms with Gasteiger partial charge in [-0.05, 0) is 49.5 Å². The monoisotopic (exact) mass is 327 g/mol. The van der Waals surface area contributed by atoms with E-state index in [1.54, 1.807) is 0 Å². The summed E-state index contributed by atoms with van der Waals surface area (Å²) in [5.41, 5.74) is 0.302. The Hall–Kier alpha value is -1.63. The number of hydrogen-bond donors (Lipinski definition) is 3. The van der Waals surface area contributed by atoms with Crippen molar-refractivity contribution in [2.75, 3.05) is 19.6 Å². The third-order valence-corrected chi connectivity index (χ3v) is 4.47. The van der Waals surface area contributed by atoms with E-state index >= 15 is 0 Å². The highest BCUT2D eigenvalue weighted by atomic mass is 35.5. The third kappa shape index (κ3) is 3.58. The fourth-order valence-corrected chi connectivity index (χ4v) is 3.31. The zero-order valence-corrected chi connectivity index (χ0v) is 12.7. The molecule has 3 fully saturated rings. The van der Waals surface area contributed by atoms with Gasteiger partial charge < -0.3 is 20.2 Å². The van der Waals surface area contributed by atoms with E-state index < -0.39 is 17.5 Å². The Kier molecular flexibility index (Phi) is 5.05. The van der Waals surface area contributed by atoms with Crippen LogP contribution in [0.5, 0.6) is 0 Å². The molecule has 3 heterocycles. The smallest absolute Gasteiger partial charge is 0.414 e. The quantitative estimate of drug-likeness (QED) is 0.675. The van der Waals surface area contributed by atoms with Crippen molar-refractivity contribution in [1.82, 2.24) is 4.90 Å². The number of halogens is 1. The number of carboxylic acid groups (broad SMARTS) is 2. The van der Waals surface area contributed by atoms with Crippen LogP contribution in [0.4, 0.5) is 0 Å². The molecule has 1 aromatic carbocycles. The van der Waals surface area contributed by atoms with Gasteiger partial charge in [0.25, 0.3) is 0 Å². The summed E-state index contributed by atoms with van der Waals surface area (Å²) in [5, 5.41) is 26.3. The van der Waals surface area contributed by atoms with Crippen LogP contribution in [0.1, 0.15) is 18.4 Å². The summed E-state index contributed by atoms with van der Waals surface area (Å²) in [5.74, 6) is -3.25. The molecular formula is C15H18ClNO5. The summed E-state index contributed by atoms with van der Waals surface area (Å²) in [6.45, 7) is 3.03. The number of carboxylic acids is 2. The van der Waals surface area contributed by atoms with Gasteiger partial charge in [-0.2, -0.15) is 0 Å². The second-order valence-corrected chi connectivity index (χ2v) is 6.03. The van der Waals surface area contributed by atoms with Gasteiger partial charge in [0.05, 0.1) is 0 Å². The van der Waals surface area contributed by atoms with Crippen molar-refractivity contribution in [3.05, 3.63) is 34.9 Å². The zero-order chi connectivity index (χ0) is 16.3. The molecule has 3 aliphatic rings. The summed E-state index contributed by atoms with van der Waals surface area (Å²) < 4.78 is 0. The molecule has 22 heavy (non-hydrogen) atoms. The lowest BCUT2D eigenvalue weighted by molar-refractivity contribution is -0.159. The van der Waals surface area contributed by atoms with E-state index in [2.05, 4.69) is 4.90 Å². The van der Waals surface area contributed by atoms with Crippen molar-refractivity contribution in [2.24, 2.45) is 5.92 Å². The molecule has 1 aromatic rings. The summed E-state index contributed by atoms with van der Waals surface area (Å²) in [7, 11) is 0. The number of fused-ring (bicyclic) bond motifs is 3. The molecule has 1 atom stereocenters. The van der Waals surface area contributed by atoms with Crippen LogP contribution in [-0.4, -0.2) is 51.8 Å². The maximum Gasteiger partial charge on any atom is 0.414 e. The van der Waals surface area contributed by atoms with Crippen molar-refractivity contribution in [3.8, 4) is 0 Å². The molecule has 3 saturated heterocycles. The van der Waals surface area contributed by atoms with Crippen LogP contribution in [0.2, 0.25) is 5.02 Å². The molecule has 0 aliphatic carbocycles. The predicted molar refractivity (Wildman–Crippen MR) is 79.8 cm³/mol. The number of benzene rings is 1. The van der Waals surface area contributed by atoms with Gasteiger partial charge in [0.1, 0.15) is 5.60 Å². The molecule has 3 N–H and O–H groups in total. The number of rotatable bonds is 1. The first-order chi connectivity index (χ1) is 10.3. The van der Waals surface area contributed by atoms with Crippen molar-refractivity contribution >= 4 is 23.5 Å². The van der Waals surface area contributed by atoms with Gasteiger partial charge in [0, 0.05) is 11.6 Å². The third-order valence-electron chi connectivity index (χ3n) is 4.24. The minimum atomic E-state index is -1.82. The van der Waals surface area contributed by atoms with Crippen LogP contribution in [0, 0.1) is 5.92 Å².